The van der Waals surface area contributed by atoms with Crippen LogP contribution in [-0.2, 0) is 0 Å². The first-order valence-corrected chi connectivity index (χ1v) is 5.27. The molecule has 12 heavy (non-hydrogen) atoms. The van der Waals surface area contributed by atoms with Gasteiger partial charge in [0.25, 0.3) is 0 Å². The van der Waals surface area contributed by atoms with E-state index < -0.39 is 0 Å². The number of nitrogens with one attached hydrogen (secondary N) is 1. The zero-order valence-electron chi connectivity index (χ0n) is 8.05. The molecule has 2 heteroatoms. The van der Waals surface area contributed by atoms with E-state index in [-0.39, 0.29) is 0 Å². The summed E-state index contributed by atoms with van der Waals surface area (Å²) in [4.78, 5) is 2.59. The Morgan fingerprint density at radius 3 is 2.83 bits per heavy atom. The molecule has 0 radical (unpaired) electrons. The van der Waals surface area contributed by atoms with Gasteiger partial charge in [-0.15, -0.1) is 0 Å². The van der Waals surface area contributed by atoms with Crippen LogP contribution in [0.1, 0.15) is 19.8 Å². The minimum atomic E-state index is 0.965. The maximum atomic E-state index is 3.42. The van der Waals surface area contributed by atoms with Gasteiger partial charge in [0.05, 0.1) is 0 Å². The Kier molecular flexibility index (Phi) is 2.66. The van der Waals surface area contributed by atoms with Crippen LogP contribution < -0.4 is 5.32 Å². The van der Waals surface area contributed by atoms with Crippen molar-refractivity contribution in [2.75, 3.05) is 32.7 Å². The molecule has 2 rings (SSSR count). The molecule has 0 aliphatic carbocycles. The van der Waals surface area contributed by atoms with Gasteiger partial charge < -0.3 is 10.2 Å². The summed E-state index contributed by atoms with van der Waals surface area (Å²) < 4.78 is 0. The van der Waals surface area contributed by atoms with Crippen molar-refractivity contribution in [3.05, 3.63) is 0 Å². The maximum Gasteiger partial charge on any atom is 0.00194 e. The highest BCUT2D eigenvalue weighted by Gasteiger charge is 2.23. The Balaban J connectivity index is 1.56. The average molecular weight is 168 g/mol. The van der Waals surface area contributed by atoms with Gasteiger partial charge in [0.15, 0.2) is 0 Å². The SMILES string of the molecule is CC1CN(CCC2CCNC2)C1. The summed E-state index contributed by atoms with van der Waals surface area (Å²) in [6.45, 7) is 8.90. The van der Waals surface area contributed by atoms with Crippen molar-refractivity contribution in [1.29, 1.82) is 0 Å². The van der Waals surface area contributed by atoms with Crippen molar-refractivity contribution in [1.82, 2.24) is 10.2 Å². The Labute approximate surface area is 75.3 Å². The van der Waals surface area contributed by atoms with E-state index in [1.807, 2.05) is 0 Å². The Morgan fingerprint density at radius 2 is 2.25 bits per heavy atom. The quantitative estimate of drug-likeness (QED) is 0.674. The van der Waals surface area contributed by atoms with E-state index in [1.54, 1.807) is 0 Å². The van der Waals surface area contributed by atoms with Crippen molar-refractivity contribution in [2.24, 2.45) is 11.8 Å². The van der Waals surface area contributed by atoms with E-state index in [1.165, 1.54) is 45.6 Å². The largest absolute Gasteiger partial charge is 0.316 e. The normalized spacial score (nSPS) is 32.2. The van der Waals surface area contributed by atoms with E-state index in [4.69, 9.17) is 0 Å². The second-order valence-corrected chi connectivity index (χ2v) is 4.51. The molecule has 2 fully saturated rings. The molecule has 0 aromatic rings. The minimum absolute atomic E-state index is 0.965. The fraction of sp³-hybridized carbons (Fsp3) is 1.00. The first-order valence-electron chi connectivity index (χ1n) is 5.27. The van der Waals surface area contributed by atoms with E-state index in [0.717, 1.165) is 11.8 Å². The van der Waals surface area contributed by atoms with Gasteiger partial charge in [0, 0.05) is 13.1 Å². The summed E-state index contributed by atoms with van der Waals surface area (Å²) >= 11 is 0. The smallest absolute Gasteiger partial charge is 0.00194 e. The molecule has 0 spiro atoms. The van der Waals surface area contributed by atoms with Gasteiger partial charge in [-0.05, 0) is 44.3 Å². The molecular weight excluding hydrogens is 148 g/mol. The standard InChI is InChI=1S/C10H20N2/c1-9-7-12(8-9)5-3-10-2-4-11-6-10/h9-11H,2-8H2,1H3. The summed E-state index contributed by atoms with van der Waals surface area (Å²) in [5.74, 6) is 1.94. The average Bonchev–Trinajstić information content (AvgIpc) is 2.47. The number of hydrogen-bond acceptors (Lipinski definition) is 2. The van der Waals surface area contributed by atoms with Crippen LogP contribution in [0.15, 0.2) is 0 Å². The van der Waals surface area contributed by atoms with Gasteiger partial charge in [-0.25, -0.2) is 0 Å². The molecule has 70 valence electrons. The molecule has 2 aliphatic heterocycles. The second kappa shape index (κ2) is 3.75. The molecule has 2 saturated heterocycles. The molecule has 2 nitrogen and oxygen atoms in total. The lowest BCUT2D eigenvalue weighted by molar-refractivity contribution is 0.106. The summed E-state index contributed by atoms with van der Waals surface area (Å²) in [5.41, 5.74) is 0. The minimum Gasteiger partial charge on any atom is -0.316 e. The van der Waals surface area contributed by atoms with Crippen molar-refractivity contribution in [3.8, 4) is 0 Å². The number of nitrogens with zero attached hydrogens (tertiary/aromatic N) is 1. The van der Waals surface area contributed by atoms with Gasteiger partial charge >= 0.3 is 0 Å². The fourth-order valence-electron chi connectivity index (χ4n) is 2.34. The summed E-state index contributed by atoms with van der Waals surface area (Å²) in [6.07, 6.45) is 2.82. The second-order valence-electron chi connectivity index (χ2n) is 4.51. The van der Waals surface area contributed by atoms with Gasteiger partial charge in [-0.1, -0.05) is 6.92 Å². The van der Waals surface area contributed by atoms with E-state index in [0.29, 0.717) is 0 Å². The van der Waals surface area contributed by atoms with Crippen LogP contribution in [0.4, 0.5) is 0 Å². The fourth-order valence-corrected chi connectivity index (χ4v) is 2.34. The lowest BCUT2D eigenvalue weighted by atomic mass is 9.99. The molecule has 2 heterocycles. The molecule has 1 N–H and O–H groups in total. The van der Waals surface area contributed by atoms with Crippen molar-refractivity contribution < 1.29 is 0 Å². The third-order valence-electron chi connectivity index (χ3n) is 3.16. The van der Waals surface area contributed by atoms with Crippen molar-refractivity contribution in [3.63, 3.8) is 0 Å². The molecule has 0 bridgehead atoms. The lowest BCUT2D eigenvalue weighted by Gasteiger charge is -2.37. The first kappa shape index (κ1) is 8.52. The van der Waals surface area contributed by atoms with E-state index in [9.17, 15) is 0 Å². The highest BCUT2D eigenvalue weighted by Crippen LogP contribution is 2.18. The topological polar surface area (TPSA) is 15.3 Å². The van der Waals surface area contributed by atoms with Crippen molar-refractivity contribution >= 4 is 0 Å². The highest BCUT2D eigenvalue weighted by molar-refractivity contribution is 4.78. The van der Waals surface area contributed by atoms with Gasteiger partial charge in [-0.3, -0.25) is 0 Å². The summed E-state index contributed by atoms with van der Waals surface area (Å²) in [5, 5.41) is 3.42. The Morgan fingerprint density at radius 1 is 1.42 bits per heavy atom. The van der Waals surface area contributed by atoms with Crippen LogP contribution >= 0.6 is 0 Å². The predicted octanol–water partition coefficient (Wildman–Crippen LogP) is 0.938. The van der Waals surface area contributed by atoms with E-state index >= 15 is 0 Å². The number of likely N-dealkylation sites (tertiary alicyclic amines) is 1. The maximum absolute atomic E-state index is 3.42. The van der Waals surface area contributed by atoms with Crippen LogP contribution in [0.25, 0.3) is 0 Å². The zero-order valence-corrected chi connectivity index (χ0v) is 8.05. The summed E-state index contributed by atoms with van der Waals surface area (Å²) in [6, 6.07) is 0. The Hall–Kier alpha value is -0.0800. The molecule has 0 aromatic heterocycles. The zero-order chi connectivity index (χ0) is 8.39. The van der Waals surface area contributed by atoms with Crippen LogP contribution in [0.5, 0.6) is 0 Å². The molecule has 2 aliphatic rings. The van der Waals surface area contributed by atoms with Gasteiger partial charge in [0.2, 0.25) is 0 Å². The lowest BCUT2D eigenvalue weighted by Crippen LogP contribution is -2.45. The van der Waals surface area contributed by atoms with Crippen LogP contribution in [0.3, 0.4) is 0 Å². The van der Waals surface area contributed by atoms with Crippen LogP contribution in [0, 0.1) is 11.8 Å². The highest BCUT2D eigenvalue weighted by atomic mass is 15.2. The molecule has 0 amide bonds. The number of rotatable bonds is 3. The first-order chi connectivity index (χ1) is 5.84. The van der Waals surface area contributed by atoms with Gasteiger partial charge in [-0.2, -0.15) is 0 Å². The monoisotopic (exact) mass is 168 g/mol. The van der Waals surface area contributed by atoms with E-state index in [2.05, 4.69) is 17.1 Å². The molecule has 0 aromatic carbocycles. The van der Waals surface area contributed by atoms with Gasteiger partial charge in [0.1, 0.15) is 0 Å². The predicted molar refractivity (Wildman–Crippen MR) is 51.2 cm³/mol. The number of hydrogen-bond donors (Lipinski definition) is 1. The molecule has 1 atom stereocenters. The molecular formula is C10H20N2. The van der Waals surface area contributed by atoms with Crippen molar-refractivity contribution in [2.45, 2.75) is 19.8 Å². The molecule has 1 unspecified atom stereocenters. The third-order valence-corrected chi connectivity index (χ3v) is 3.16. The third kappa shape index (κ3) is 1.99. The van der Waals surface area contributed by atoms with Crippen LogP contribution in [0.2, 0.25) is 0 Å². The molecule has 0 saturated carbocycles. The van der Waals surface area contributed by atoms with Crippen LogP contribution in [-0.4, -0.2) is 37.6 Å². The summed E-state index contributed by atoms with van der Waals surface area (Å²) in [7, 11) is 0. The Bertz CT molecular complexity index is 135.